The van der Waals surface area contributed by atoms with Crippen LogP contribution >= 0.6 is 0 Å². The summed E-state index contributed by atoms with van der Waals surface area (Å²) in [5.41, 5.74) is 10.8. The minimum Gasteiger partial charge on any atom is -0.345 e. The molecule has 3 heteroatoms. The molecular weight excluding hydrogens is 246 g/mol. The first-order valence-electron chi connectivity index (χ1n) is 7.53. The standard InChI is InChI=1S/C17H23N3/c1-11-5-3-4-6-15(11)16-12(2)19-17(20-16)13-7-9-14(18)10-8-13/h3-6,13-14H,7-10,18H2,1-2H3,(H,19,20). The van der Waals surface area contributed by atoms with E-state index in [9.17, 15) is 0 Å². The van der Waals surface area contributed by atoms with Crippen LogP contribution in [-0.2, 0) is 0 Å². The fourth-order valence-corrected chi connectivity index (χ4v) is 3.17. The summed E-state index contributed by atoms with van der Waals surface area (Å²) in [6.07, 6.45) is 4.54. The summed E-state index contributed by atoms with van der Waals surface area (Å²) in [6.45, 7) is 4.26. The molecule has 0 saturated heterocycles. The normalized spacial score (nSPS) is 22.9. The first-order valence-corrected chi connectivity index (χ1v) is 7.53. The topological polar surface area (TPSA) is 54.7 Å². The lowest BCUT2D eigenvalue weighted by Crippen LogP contribution is -2.26. The number of benzene rings is 1. The molecule has 0 bridgehead atoms. The van der Waals surface area contributed by atoms with Crippen molar-refractivity contribution in [3.63, 3.8) is 0 Å². The van der Waals surface area contributed by atoms with Crippen molar-refractivity contribution in [2.75, 3.05) is 0 Å². The van der Waals surface area contributed by atoms with Crippen molar-refractivity contribution in [2.45, 2.75) is 51.5 Å². The van der Waals surface area contributed by atoms with Gasteiger partial charge in [0.05, 0.1) is 5.69 Å². The number of nitrogens with zero attached hydrogens (tertiary/aromatic N) is 1. The molecule has 2 aromatic rings. The molecule has 106 valence electrons. The third-order valence-electron chi connectivity index (χ3n) is 4.46. The lowest BCUT2D eigenvalue weighted by molar-refractivity contribution is 0.386. The maximum atomic E-state index is 5.99. The van der Waals surface area contributed by atoms with E-state index in [-0.39, 0.29) is 0 Å². The maximum absolute atomic E-state index is 5.99. The minimum atomic E-state index is 0.387. The fraction of sp³-hybridized carbons (Fsp3) is 0.471. The van der Waals surface area contributed by atoms with Gasteiger partial charge in [0.2, 0.25) is 0 Å². The van der Waals surface area contributed by atoms with E-state index in [1.807, 2.05) is 0 Å². The van der Waals surface area contributed by atoms with Crippen LogP contribution in [0.1, 0.15) is 48.7 Å². The summed E-state index contributed by atoms with van der Waals surface area (Å²) >= 11 is 0. The van der Waals surface area contributed by atoms with Gasteiger partial charge in [-0.25, -0.2) is 4.98 Å². The van der Waals surface area contributed by atoms with E-state index in [4.69, 9.17) is 10.7 Å². The Balaban J connectivity index is 1.90. The average Bonchev–Trinajstić information content (AvgIpc) is 2.82. The Morgan fingerprint density at radius 3 is 2.50 bits per heavy atom. The summed E-state index contributed by atoms with van der Waals surface area (Å²) in [5, 5.41) is 0. The van der Waals surface area contributed by atoms with Crippen molar-refractivity contribution in [2.24, 2.45) is 5.73 Å². The lowest BCUT2D eigenvalue weighted by Gasteiger charge is -2.24. The molecule has 20 heavy (non-hydrogen) atoms. The molecule has 3 N–H and O–H groups in total. The molecule has 1 heterocycles. The van der Waals surface area contributed by atoms with Gasteiger partial charge < -0.3 is 10.7 Å². The predicted molar refractivity (Wildman–Crippen MR) is 82.7 cm³/mol. The van der Waals surface area contributed by atoms with E-state index >= 15 is 0 Å². The third-order valence-corrected chi connectivity index (χ3v) is 4.46. The largest absolute Gasteiger partial charge is 0.345 e. The monoisotopic (exact) mass is 269 g/mol. The van der Waals surface area contributed by atoms with E-state index in [1.54, 1.807) is 0 Å². The van der Waals surface area contributed by atoms with Crippen LogP contribution in [0.4, 0.5) is 0 Å². The Morgan fingerprint density at radius 2 is 1.80 bits per heavy atom. The highest BCUT2D eigenvalue weighted by atomic mass is 14.9. The minimum absolute atomic E-state index is 0.387. The van der Waals surface area contributed by atoms with Gasteiger partial charge >= 0.3 is 0 Å². The van der Waals surface area contributed by atoms with Crippen LogP contribution in [0.5, 0.6) is 0 Å². The van der Waals surface area contributed by atoms with Crippen LogP contribution in [0.3, 0.4) is 0 Å². The molecule has 0 aliphatic heterocycles. The predicted octanol–water partition coefficient (Wildman–Crippen LogP) is 3.68. The molecule has 0 atom stereocenters. The Morgan fingerprint density at radius 1 is 1.10 bits per heavy atom. The number of hydrogen-bond acceptors (Lipinski definition) is 2. The van der Waals surface area contributed by atoms with Crippen LogP contribution < -0.4 is 5.73 Å². The molecule has 0 radical (unpaired) electrons. The summed E-state index contributed by atoms with van der Waals surface area (Å²) in [7, 11) is 0. The van der Waals surface area contributed by atoms with E-state index in [0.29, 0.717) is 12.0 Å². The number of nitrogens with one attached hydrogen (secondary N) is 1. The van der Waals surface area contributed by atoms with Crippen LogP contribution in [0.15, 0.2) is 24.3 Å². The number of H-pyrrole nitrogens is 1. The zero-order chi connectivity index (χ0) is 14.1. The summed E-state index contributed by atoms with van der Waals surface area (Å²) < 4.78 is 0. The zero-order valence-corrected chi connectivity index (χ0v) is 12.3. The highest BCUT2D eigenvalue weighted by molar-refractivity contribution is 5.65. The first kappa shape index (κ1) is 13.4. The second kappa shape index (κ2) is 5.41. The molecule has 3 rings (SSSR count). The number of hydrogen-bond donors (Lipinski definition) is 2. The SMILES string of the molecule is Cc1ccccc1-c1nc(C2CCC(N)CC2)[nH]c1C. The molecule has 0 unspecified atom stereocenters. The van der Waals surface area contributed by atoms with E-state index in [1.165, 1.54) is 16.8 Å². The highest BCUT2D eigenvalue weighted by Gasteiger charge is 2.23. The van der Waals surface area contributed by atoms with Crippen LogP contribution in [0, 0.1) is 13.8 Å². The summed E-state index contributed by atoms with van der Waals surface area (Å²) in [6, 6.07) is 8.83. The van der Waals surface area contributed by atoms with Gasteiger partial charge in [-0.2, -0.15) is 0 Å². The second-order valence-corrected chi connectivity index (χ2v) is 6.02. The van der Waals surface area contributed by atoms with Crippen molar-refractivity contribution in [3.05, 3.63) is 41.3 Å². The molecule has 1 aromatic heterocycles. The van der Waals surface area contributed by atoms with Gasteiger partial charge in [-0.15, -0.1) is 0 Å². The molecule has 3 nitrogen and oxygen atoms in total. The first-order chi connectivity index (χ1) is 9.65. The van der Waals surface area contributed by atoms with Gasteiger partial charge in [0.1, 0.15) is 5.82 Å². The molecule has 0 amide bonds. The molecule has 1 aliphatic carbocycles. The van der Waals surface area contributed by atoms with Crippen molar-refractivity contribution in [1.82, 2.24) is 9.97 Å². The lowest BCUT2D eigenvalue weighted by atomic mass is 9.86. The van der Waals surface area contributed by atoms with Gasteiger partial charge in [-0.1, -0.05) is 24.3 Å². The average molecular weight is 269 g/mol. The summed E-state index contributed by atoms with van der Waals surface area (Å²) in [4.78, 5) is 8.40. The molecule has 1 aliphatic rings. The van der Waals surface area contributed by atoms with E-state index in [2.05, 4.69) is 43.1 Å². The number of aromatic amines is 1. The third kappa shape index (κ3) is 2.50. The number of aryl methyl sites for hydroxylation is 2. The molecule has 1 saturated carbocycles. The van der Waals surface area contributed by atoms with Crippen molar-refractivity contribution < 1.29 is 0 Å². The van der Waals surface area contributed by atoms with Gasteiger partial charge in [0.15, 0.2) is 0 Å². The van der Waals surface area contributed by atoms with Crippen LogP contribution in [0.2, 0.25) is 0 Å². The Labute approximate surface area is 120 Å². The van der Waals surface area contributed by atoms with Crippen molar-refractivity contribution in [1.29, 1.82) is 0 Å². The second-order valence-electron chi connectivity index (χ2n) is 6.02. The molecule has 1 aromatic carbocycles. The number of aromatic nitrogens is 2. The Bertz CT molecular complexity index is 592. The van der Waals surface area contributed by atoms with Gasteiger partial charge in [-0.3, -0.25) is 0 Å². The van der Waals surface area contributed by atoms with Gasteiger partial charge in [-0.05, 0) is 45.1 Å². The van der Waals surface area contributed by atoms with Crippen LogP contribution in [0.25, 0.3) is 11.3 Å². The molecular formula is C17H23N3. The zero-order valence-electron chi connectivity index (χ0n) is 12.3. The van der Waals surface area contributed by atoms with Crippen molar-refractivity contribution >= 4 is 0 Å². The Kier molecular flexibility index (Phi) is 3.62. The maximum Gasteiger partial charge on any atom is 0.110 e. The summed E-state index contributed by atoms with van der Waals surface area (Å²) in [5.74, 6) is 1.69. The number of rotatable bonds is 2. The molecule has 0 spiro atoms. The van der Waals surface area contributed by atoms with Crippen LogP contribution in [-0.4, -0.2) is 16.0 Å². The smallest absolute Gasteiger partial charge is 0.110 e. The van der Waals surface area contributed by atoms with E-state index < -0.39 is 0 Å². The Hall–Kier alpha value is -1.61. The van der Waals surface area contributed by atoms with E-state index in [0.717, 1.165) is 37.2 Å². The van der Waals surface area contributed by atoms with Gasteiger partial charge in [0, 0.05) is 23.2 Å². The molecule has 1 fully saturated rings. The van der Waals surface area contributed by atoms with Gasteiger partial charge in [0.25, 0.3) is 0 Å². The fourth-order valence-electron chi connectivity index (χ4n) is 3.17. The number of imidazole rings is 1. The van der Waals surface area contributed by atoms with Crippen molar-refractivity contribution in [3.8, 4) is 11.3 Å². The highest BCUT2D eigenvalue weighted by Crippen LogP contribution is 2.33. The number of nitrogens with two attached hydrogens (primary N) is 1. The quantitative estimate of drug-likeness (QED) is 0.873.